The number of anilines is 1. The van der Waals surface area contributed by atoms with E-state index in [2.05, 4.69) is 49.6 Å². The van der Waals surface area contributed by atoms with Crippen LogP contribution in [0.25, 0.3) is 0 Å². The first-order valence-corrected chi connectivity index (χ1v) is 6.77. The highest BCUT2D eigenvalue weighted by Gasteiger charge is 2.10. The van der Waals surface area contributed by atoms with Crippen LogP contribution in [0.2, 0.25) is 0 Å². The Bertz CT molecular complexity index is 371. The predicted molar refractivity (Wildman–Crippen MR) is 74.7 cm³/mol. The minimum Gasteiger partial charge on any atom is -0.385 e. The van der Waals surface area contributed by atoms with Crippen molar-refractivity contribution in [3.8, 4) is 0 Å². The fourth-order valence-corrected chi connectivity index (χ4v) is 2.64. The highest BCUT2D eigenvalue weighted by Crippen LogP contribution is 2.23. The van der Waals surface area contributed by atoms with Crippen LogP contribution in [0.1, 0.15) is 38.3 Å². The van der Waals surface area contributed by atoms with Crippen molar-refractivity contribution >= 4 is 5.69 Å². The van der Waals surface area contributed by atoms with Crippen LogP contribution in [0.3, 0.4) is 0 Å². The molecule has 17 heavy (non-hydrogen) atoms. The average Bonchev–Trinajstić information content (AvgIpc) is 2.27. The molecule has 0 saturated carbocycles. The summed E-state index contributed by atoms with van der Waals surface area (Å²) in [7, 11) is 0. The average molecular weight is 232 g/mol. The molecule has 2 nitrogen and oxygen atoms in total. The molecule has 0 bridgehead atoms. The summed E-state index contributed by atoms with van der Waals surface area (Å²) in [4.78, 5) is 0. The Labute approximate surface area is 105 Å². The highest BCUT2D eigenvalue weighted by molar-refractivity contribution is 5.54. The molecular formula is C15H24N2. The molecule has 2 rings (SSSR count). The predicted octanol–water partition coefficient (Wildman–Crippen LogP) is 2.97. The second-order valence-corrected chi connectivity index (χ2v) is 5.45. The summed E-state index contributed by atoms with van der Waals surface area (Å²) in [6.07, 6.45) is 3.60. The topological polar surface area (TPSA) is 24.1 Å². The third-order valence-corrected chi connectivity index (χ3v) is 3.27. The van der Waals surface area contributed by atoms with Crippen molar-refractivity contribution in [2.75, 3.05) is 11.9 Å². The van der Waals surface area contributed by atoms with Gasteiger partial charge in [0.2, 0.25) is 0 Å². The zero-order valence-electron chi connectivity index (χ0n) is 11.2. The lowest BCUT2D eigenvalue weighted by Crippen LogP contribution is -2.33. The zero-order valence-corrected chi connectivity index (χ0v) is 11.2. The third kappa shape index (κ3) is 3.47. The monoisotopic (exact) mass is 232 g/mol. The van der Waals surface area contributed by atoms with E-state index in [9.17, 15) is 0 Å². The number of fused-ring (bicyclic) bond motifs is 1. The lowest BCUT2D eigenvalue weighted by atomic mass is 9.98. The smallest absolute Gasteiger partial charge is 0.0372 e. The van der Waals surface area contributed by atoms with Gasteiger partial charge in [0, 0.05) is 24.3 Å². The van der Waals surface area contributed by atoms with Gasteiger partial charge >= 0.3 is 0 Å². The van der Waals surface area contributed by atoms with Crippen molar-refractivity contribution in [3.05, 3.63) is 29.3 Å². The quantitative estimate of drug-likeness (QED) is 0.834. The maximum atomic E-state index is 3.56. The first kappa shape index (κ1) is 12.4. The molecule has 1 aromatic rings. The number of benzene rings is 1. The van der Waals surface area contributed by atoms with Gasteiger partial charge in [-0.15, -0.1) is 0 Å². The first-order valence-electron chi connectivity index (χ1n) is 6.77. The van der Waals surface area contributed by atoms with E-state index in [0.29, 0.717) is 12.1 Å². The van der Waals surface area contributed by atoms with E-state index < -0.39 is 0 Å². The SMILES string of the molecule is CC(C)NC(C)Cc1ccc2c(c1)CCCN2. The van der Waals surface area contributed by atoms with Crippen molar-refractivity contribution in [2.24, 2.45) is 0 Å². The van der Waals surface area contributed by atoms with Gasteiger partial charge in [0.05, 0.1) is 0 Å². The fourth-order valence-electron chi connectivity index (χ4n) is 2.64. The van der Waals surface area contributed by atoms with Gasteiger partial charge in [0.1, 0.15) is 0 Å². The molecule has 1 aliphatic heterocycles. The van der Waals surface area contributed by atoms with Crippen molar-refractivity contribution in [2.45, 2.75) is 52.1 Å². The molecule has 0 saturated heterocycles. The summed E-state index contributed by atoms with van der Waals surface area (Å²) in [5.74, 6) is 0. The maximum absolute atomic E-state index is 3.56. The minimum atomic E-state index is 0.546. The first-order chi connectivity index (χ1) is 8.15. The van der Waals surface area contributed by atoms with Crippen LogP contribution >= 0.6 is 0 Å². The molecule has 0 aromatic heterocycles. The summed E-state index contributed by atoms with van der Waals surface area (Å²) in [6, 6.07) is 7.98. The molecule has 1 aromatic carbocycles. The Hall–Kier alpha value is -1.02. The molecule has 2 heteroatoms. The maximum Gasteiger partial charge on any atom is 0.0372 e. The number of hydrogen-bond acceptors (Lipinski definition) is 2. The molecule has 0 fully saturated rings. The molecule has 1 atom stereocenters. The molecule has 1 heterocycles. The second kappa shape index (κ2) is 5.54. The number of hydrogen-bond donors (Lipinski definition) is 2. The summed E-state index contributed by atoms with van der Waals surface area (Å²) in [6.45, 7) is 7.79. The summed E-state index contributed by atoms with van der Waals surface area (Å²) >= 11 is 0. The lowest BCUT2D eigenvalue weighted by molar-refractivity contribution is 0.487. The van der Waals surface area contributed by atoms with Crippen molar-refractivity contribution in [1.29, 1.82) is 0 Å². The van der Waals surface area contributed by atoms with Gasteiger partial charge < -0.3 is 10.6 Å². The Morgan fingerprint density at radius 2 is 2.12 bits per heavy atom. The minimum absolute atomic E-state index is 0.546. The molecule has 94 valence electrons. The van der Waals surface area contributed by atoms with Crippen LogP contribution < -0.4 is 10.6 Å². The summed E-state index contributed by atoms with van der Waals surface area (Å²) in [5.41, 5.74) is 4.28. The van der Waals surface area contributed by atoms with Crippen LogP contribution in [-0.2, 0) is 12.8 Å². The number of rotatable bonds is 4. The fraction of sp³-hybridized carbons (Fsp3) is 0.600. The van der Waals surface area contributed by atoms with Gasteiger partial charge in [0.15, 0.2) is 0 Å². The van der Waals surface area contributed by atoms with E-state index in [-0.39, 0.29) is 0 Å². The molecule has 1 aliphatic rings. The van der Waals surface area contributed by atoms with E-state index in [4.69, 9.17) is 0 Å². The Kier molecular flexibility index (Phi) is 4.06. The van der Waals surface area contributed by atoms with E-state index in [1.807, 2.05) is 0 Å². The van der Waals surface area contributed by atoms with Gasteiger partial charge in [-0.2, -0.15) is 0 Å². The zero-order chi connectivity index (χ0) is 12.3. The van der Waals surface area contributed by atoms with E-state index in [1.165, 1.54) is 29.7 Å². The normalized spacial score (nSPS) is 16.5. The number of nitrogens with one attached hydrogen (secondary N) is 2. The van der Waals surface area contributed by atoms with Crippen LogP contribution in [0.4, 0.5) is 5.69 Å². The standard InChI is InChI=1S/C15H24N2/c1-11(2)17-12(3)9-13-6-7-15-14(10-13)5-4-8-16-15/h6-7,10-12,16-17H,4-5,8-9H2,1-3H3. The summed E-state index contributed by atoms with van der Waals surface area (Å²) < 4.78 is 0. The Morgan fingerprint density at radius 1 is 1.29 bits per heavy atom. The van der Waals surface area contributed by atoms with Crippen molar-refractivity contribution < 1.29 is 0 Å². The van der Waals surface area contributed by atoms with Gasteiger partial charge in [-0.3, -0.25) is 0 Å². The van der Waals surface area contributed by atoms with Gasteiger partial charge in [-0.25, -0.2) is 0 Å². The highest BCUT2D eigenvalue weighted by atomic mass is 14.9. The van der Waals surface area contributed by atoms with Crippen LogP contribution in [-0.4, -0.2) is 18.6 Å². The van der Waals surface area contributed by atoms with Gasteiger partial charge in [0.25, 0.3) is 0 Å². The Balaban J connectivity index is 2.01. The molecule has 0 radical (unpaired) electrons. The summed E-state index contributed by atoms with van der Waals surface area (Å²) in [5, 5.41) is 7.02. The van der Waals surface area contributed by atoms with Crippen LogP contribution in [0.5, 0.6) is 0 Å². The second-order valence-electron chi connectivity index (χ2n) is 5.45. The number of aryl methyl sites for hydroxylation is 1. The molecule has 0 spiro atoms. The third-order valence-electron chi connectivity index (χ3n) is 3.27. The van der Waals surface area contributed by atoms with Crippen molar-refractivity contribution in [1.82, 2.24) is 5.32 Å². The van der Waals surface area contributed by atoms with Gasteiger partial charge in [-0.1, -0.05) is 26.0 Å². The lowest BCUT2D eigenvalue weighted by Gasteiger charge is -2.21. The molecule has 2 N–H and O–H groups in total. The van der Waals surface area contributed by atoms with Gasteiger partial charge in [-0.05, 0) is 43.4 Å². The van der Waals surface area contributed by atoms with E-state index in [1.54, 1.807) is 0 Å². The van der Waals surface area contributed by atoms with Crippen molar-refractivity contribution in [3.63, 3.8) is 0 Å². The molecule has 0 amide bonds. The molecule has 1 unspecified atom stereocenters. The molecule has 0 aliphatic carbocycles. The largest absolute Gasteiger partial charge is 0.385 e. The van der Waals surface area contributed by atoms with E-state index >= 15 is 0 Å². The van der Waals surface area contributed by atoms with Crippen LogP contribution in [0.15, 0.2) is 18.2 Å². The van der Waals surface area contributed by atoms with E-state index in [0.717, 1.165) is 13.0 Å². The van der Waals surface area contributed by atoms with Crippen LogP contribution in [0, 0.1) is 0 Å². The Morgan fingerprint density at radius 3 is 2.88 bits per heavy atom. The molecular weight excluding hydrogens is 208 g/mol.